The van der Waals surface area contributed by atoms with Crippen molar-refractivity contribution in [2.75, 3.05) is 18.0 Å². The average molecular weight is 229 g/mol. The zero-order valence-corrected chi connectivity index (χ0v) is 10.2. The van der Waals surface area contributed by atoms with Crippen LogP contribution in [-0.4, -0.2) is 19.0 Å². The second kappa shape index (κ2) is 6.40. The van der Waals surface area contributed by atoms with Gasteiger partial charge in [0, 0.05) is 30.9 Å². The molecule has 0 saturated carbocycles. The number of halogens is 1. The van der Waals surface area contributed by atoms with E-state index in [-0.39, 0.29) is 18.3 Å². The highest BCUT2D eigenvalue weighted by Crippen LogP contribution is 2.09. The van der Waals surface area contributed by atoms with Crippen LogP contribution in [0.15, 0.2) is 24.5 Å². The predicted octanol–water partition coefficient (Wildman–Crippen LogP) is -1.52. The Morgan fingerprint density at radius 1 is 1.27 bits per heavy atom. The van der Waals surface area contributed by atoms with E-state index in [1.165, 1.54) is 0 Å². The van der Waals surface area contributed by atoms with E-state index in [9.17, 15) is 4.79 Å². The van der Waals surface area contributed by atoms with Crippen LogP contribution >= 0.6 is 0 Å². The average Bonchev–Trinajstić information content (AvgIpc) is 2.20. The Morgan fingerprint density at radius 3 is 2.07 bits per heavy atom. The molecule has 0 aliphatic heterocycles. The van der Waals surface area contributed by atoms with Gasteiger partial charge < -0.3 is 17.3 Å². The van der Waals surface area contributed by atoms with Gasteiger partial charge in [-0.25, -0.2) is 4.79 Å². The first kappa shape index (κ1) is 13.9. The minimum Gasteiger partial charge on any atom is -1.00 e. The molecule has 1 heterocycles. The summed E-state index contributed by atoms with van der Waals surface area (Å²) < 4.78 is 1.58. The minimum atomic E-state index is 0. The van der Waals surface area contributed by atoms with Crippen molar-refractivity contribution in [1.82, 2.24) is 0 Å². The molecule has 0 unspecified atom stereocenters. The second-order valence-electron chi connectivity index (χ2n) is 3.15. The molecule has 15 heavy (non-hydrogen) atoms. The molecule has 0 saturated heterocycles. The smallest absolute Gasteiger partial charge is 0.389 e. The molecule has 0 atom stereocenters. The van der Waals surface area contributed by atoms with E-state index in [4.69, 9.17) is 0 Å². The summed E-state index contributed by atoms with van der Waals surface area (Å²) in [7, 11) is 0. The molecule has 1 aromatic heterocycles. The number of carbonyl (C=O) groups is 1. The lowest BCUT2D eigenvalue weighted by Crippen LogP contribution is -3.00. The molecule has 3 nitrogen and oxygen atoms in total. The number of nitrogens with zero attached hydrogens (tertiary/aromatic N) is 2. The highest BCUT2D eigenvalue weighted by Gasteiger charge is 2.08. The second-order valence-corrected chi connectivity index (χ2v) is 3.15. The topological polar surface area (TPSA) is 24.2 Å². The van der Waals surface area contributed by atoms with Crippen LogP contribution in [0.4, 0.5) is 5.69 Å². The Balaban J connectivity index is 0.00000196. The van der Waals surface area contributed by atoms with Gasteiger partial charge in [-0.3, -0.25) is 0 Å². The summed E-state index contributed by atoms with van der Waals surface area (Å²) in [5, 5.41) is 0. The molecule has 1 rings (SSSR count). The summed E-state index contributed by atoms with van der Waals surface area (Å²) in [5.74, 6) is 0.0381. The molecule has 84 valence electrons. The predicted molar refractivity (Wildman–Crippen MR) is 56.5 cm³/mol. The summed E-state index contributed by atoms with van der Waals surface area (Å²) in [6.07, 6.45) is 3.60. The van der Waals surface area contributed by atoms with Crippen molar-refractivity contribution in [1.29, 1.82) is 0 Å². The molecule has 0 spiro atoms. The van der Waals surface area contributed by atoms with Crippen LogP contribution in [0.25, 0.3) is 0 Å². The third-order valence-electron chi connectivity index (χ3n) is 2.30. The van der Waals surface area contributed by atoms with E-state index in [0.717, 1.165) is 18.8 Å². The summed E-state index contributed by atoms with van der Waals surface area (Å²) in [5.41, 5.74) is 1.16. The number of aromatic nitrogens is 1. The molecule has 0 fully saturated rings. The maximum atomic E-state index is 11.0. The number of hydrogen-bond donors (Lipinski definition) is 0. The Kier molecular flexibility index (Phi) is 5.94. The molecular weight excluding hydrogens is 212 g/mol. The van der Waals surface area contributed by atoms with E-state index >= 15 is 0 Å². The lowest BCUT2D eigenvalue weighted by molar-refractivity contribution is -0.572. The summed E-state index contributed by atoms with van der Waals surface area (Å²) in [6.45, 7) is 7.77. The van der Waals surface area contributed by atoms with Gasteiger partial charge >= 0.3 is 5.91 Å². The van der Waals surface area contributed by atoms with E-state index in [2.05, 4.69) is 18.7 Å². The van der Waals surface area contributed by atoms with Crippen molar-refractivity contribution in [2.45, 2.75) is 20.8 Å². The van der Waals surface area contributed by atoms with Crippen LogP contribution in [0.1, 0.15) is 25.6 Å². The Hall–Kier alpha value is -1.09. The van der Waals surface area contributed by atoms with Crippen LogP contribution in [0.5, 0.6) is 0 Å². The van der Waals surface area contributed by atoms with E-state index in [0.29, 0.717) is 0 Å². The molecular formula is C11H17ClN2O. The molecule has 0 aromatic carbocycles. The van der Waals surface area contributed by atoms with Crippen molar-refractivity contribution in [3.63, 3.8) is 0 Å². The SMILES string of the molecule is CCN(CC)c1cc[n+](C(C)=O)cc1.[Cl-]. The normalized spacial score (nSPS) is 9.27. The number of hydrogen-bond acceptors (Lipinski definition) is 2. The number of anilines is 1. The fourth-order valence-corrected chi connectivity index (χ4v) is 1.43. The van der Waals surface area contributed by atoms with Crippen molar-refractivity contribution in [3.05, 3.63) is 24.5 Å². The monoisotopic (exact) mass is 228 g/mol. The summed E-state index contributed by atoms with van der Waals surface area (Å²) in [4.78, 5) is 13.3. The lowest BCUT2D eigenvalue weighted by atomic mass is 10.3. The molecule has 0 N–H and O–H groups in total. The molecule has 0 amide bonds. The van der Waals surface area contributed by atoms with Crippen molar-refractivity contribution in [3.8, 4) is 0 Å². The van der Waals surface area contributed by atoms with Gasteiger partial charge in [0.15, 0.2) is 12.4 Å². The van der Waals surface area contributed by atoms with E-state index in [1.54, 1.807) is 23.9 Å². The van der Waals surface area contributed by atoms with Gasteiger partial charge in [0.05, 0.1) is 6.92 Å². The summed E-state index contributed by atoms with van der Waals surface area (Å²) in [6, 6.07) is 3.93. The molecule has 1 aromatic rings. The first-order valence-electron chi connectivity index (χ1n) is 4.96. The third-order valence-corrected chi connectivity index (χ3v) is 2.30. The first-order chi connectivity index (χ1) is 6.69. The zero-order chi connectivity index (χ0) is 10.6. The summed E-state index contributed by atoms with van der Waals surface area (Å²) >= 11 is 0. The molecule has 0 aliphatic carbocycles. The maximum absolute atomic E-state index is 11.0. The largest absolute Gasteiger partial charge is 1.00 e. The zero-order valence-electron chi connectivity index (χ0n) is 9.40. The fourth-order valence-electron chi connectivity index (χ4n) is 1.43. The number of rotatable bonds is 3. The van der Waals surface area contributed by atoms with Gasteiger partial charge in [-0.15, -0.1) is 4.57 Å². The van der Waals surface area contributed by atoms with Gasteiger partial charge in [-0.1, -0.05) is 0 Å². The van der Waals surface area contributed by atoms with Gasteiger partial charge in [0.25, 0.3) is 0 Å². The Labute approximate surface area is 97.1 Å². The van der Waals surface area contributed by atoms with Crippen LogP contribution in [0.3, 0.4) is 0 Å². The molecule has 0 bridgehead atoms. The molecule has 0 radical (unpaired) electrons. The first-order valence-corrected chi connectivity index (χ1v) is 4.96. The van der Waals surface area contributed by atoms with Crippen LogP contribution in [0, 0.1) is 0 Å². The standard InChI is InChI=1S/C11H17N2O.ClH/c1-4-12(5-2)11-6-8-13(9-7-11)10(3)14;/h6-9H,4-5H2,1-3H3;1H/q+1;/p-1. The number of pyridine rings is 1. The van der Waals surface area contributed by atoms with Crippen molar-refractivity contribution in [2.24, 2.45) is 0 Å². The Bertz CT molecular complexity index is 307. The highest BCUT2D eigenvalue weighted by molar-refractivity contribution is 5.63. The number of carbonyl (C=O) groups excluding carboxylic acids is 1. The van der Waals surface area contributed by atoms with Crippen molar-refractivity contribution < 1.29 is 21.8 Å². The maximum Gasteiger partial charge on any atom is 0.389 e. The minimum absolute atomic E-state index is 0. The van der Waals surface area contributed by atoms with Gasteiger partial charge in [-0.05, 0) is 13.8 Å². The van der Waals surface area contributed by atoms with Gasteiger partial charge in [0.2, 0.25) is 0 Å². The molecule has 4 heteroatoms. The van der Waals surface area contributed by atoms with Gasteiger partial charge in [-0.2, -0.15) is 0 Å². The van der Waals surface area contributed by atoms with Crippen molar-refractivity contribution >= 4 is 11.6 Å². The fraction of sp³-hybridized carbons (Fsp3) is 0.455. The lowest BCUT2D eigenvalue weighted by Gasteiger charge is -2.19. The van der Waals surface area contributed by atoms with Gasteiger partial charge in [0.1, 0.15) is 0 Å². The van der Waals surface area contributed by atoms with Crippen LogP contribution in [0.2, 0.25) is 0 Å². The van der Waals surface area contributed by atoms with Crippen LogP contribution < -0.4 is 21.9 Å². The van der Waals surface area contributed by atoms with E-state index in [1.807, 2.05) is 12.1 Å². The quantitative estimate of drug-likeness (QED) is 0.588. The highest BCUT2D eigenvalue weighted by atomic mass is 35.5. The third kappa shape index (κ3) is 3.51. The van der Waals surface area contributed by atoms with Crippen LogP contribution in [-0.2, 0) is 0 Å². The Morgan fingerprint density at radius 2 is 1.73 bits per heavy atom. The van der Waals surface area contributed by atoms with E-state index < -0.39 is 0 Å². The molecule has 0 aliphatic rings.